The zero-order valence-corrected chi connectivity index (χ0v) is 10.0. The minimum Gasteiger partial charge on any atom is -0.476 e. The Morgan fingerprint density at radius 3 is 2.89 bits per heavy atom. The zero-order chi connectivity index (χ0) is 13.8. The van der Waals surface area contributed by atoms with Crippen LogP contribution >= 0.6 is 0 Å². The number of carboxylic acids is 1. The summed E-state index contributed by atoms with van der Waals surface area (Å²) in [5.41, 5.74) is 0.228. The lowest BCUT2D eigenvalue weighted by atomic mass is 10.2. The van der Waals surface area contributed by atoms with E-state index >= 15 is 0 Å². The van der Waals surface area contributed by atoms with E-state index in [1.807, 2.05) is 0 Å². The number of amides is 1. The van der Waals surface area contributed by atoms with Crippen LogP contribution in [0.3, 0.4) is 0 Å². The first-order chi connectivity index (χ1) is 9.08. The predicted molar refractivity (Wildman–Crippen MR) is 60.6 cm³/mol. The highest BCUT2D eigenvalue weighted by molar-refractivity contribution is 5.94. The fraction of sp³-hybridized carbons (Fsp3) is 0.300. The Hall–Kier alpha value is -2.71. The van der Waals surface area contributed by atoms with Crippen molar-refractivity contribution in [1.29, 1.82) is 0 Å². The van der Waals surface area contributed by atoms with Gasteiger partial charge in [-0.1, -0.05) is 10.4 Å². The Kier molecular flexibility index (Phi) is 3.55. The summed E-state index contributed by atoms with van der Waals surface area (Å²) in [6, 6.07) is 0. The third-order valence-corrected chi connectivity index (χ3v) is 2.38. The molecule has 0 fully saturated rings. The van der Waals surface area contributed by atoms with Gasteiger partial charge in [0.1, 0.15) is 11.3 Å². The molecule has 9 heteroatoms. The third-order valence-electron chi connectivity index (χ3n) is 2.38. The standard InChI is InChI=1S/C10H11N5O4/c1-6-7(4-12-19-6)9(16)11-2-3-15-5-8(10(17)18)13-14-15/h4-5H,2-3H2,1H3,(H,11,16)(H,17,18). The Morgan fingerprint density at radius 1 is 1.53 bits per heavy atom. The molecule has 9 nitrogen and oxygen atoms in total. The molecule has 19 heavy (non-hydrogen) atoms. The summed E-state index contributed by atoms with van der Waals surface area (Å²) in [5, 5.41) is 21.9. The molecule has 2 rings (SSSR count). The van der Waals surface area contributed by atoms with E-state index in [1.54, 1.807) is 6.92 Å². The highest BCUT2D eigenvalue weighted by atomic mass is 16.5. The number of aromatic carboxylic acids is 1. The first-order valence-electron chi connectivity index (χ1n) is 5.41. The van der Waals surface area contributed by atoms with Crippen LogP contribution in [0.5, 0.6) is 0 Å². The SMILES string of the molecule is Cc1oncc1C(=O)NCCn1cc(C(=O)O)nn1. The molecular formula is C10H11N5O4. The van der Waals surface area contributed by atoms with Crippen molar-refractivity contribution in [3.8, 4) is 0 Å². The third kappa shape index (κ3) is 2.94. The summed E-state index contributed by atoms with van der Waals surface area (Å²) >= 11 is 0. The van der Waals surface area contributed by atoms with E-state index in [9.17, 15) is 9.59 Å². The van der Waals surface area contributed by atoms with Crippen LogP contribution in [0.25, 0.3) is 0 Å². The monoisotopic (exact) mass is 265 g/mol. The molecule has 0 saturated carbocycles. The highest BCUT2D eigenvalue weighted by Crippen LogP contribution is 2.04. The van der Waals surface area contributed by atoms with E-state index in [0.717, 1.165) is 0 Å². The molecule has 0 atom stereocenters. The summed E-state index contributed by atoms with van der Waals surface area (Å²) in [4.78, 5) is 22.3. The van der Waals surface area contributed by atoms with E-state index in [4.69, 9.17) is 9.63 Å². The Morgan fingerprint density at radius 2 is 2.32 bits per heavy atom. The summed E-state index contributed by atoms with van der Waals surface area (Å²) < 4.78 is 6.11. The number of rotatable bonds is 5. The van der Waals surface area contributed by atoms with Gasteiger partial charge in [-0.05, 0) is 6.92 Å². The van der Waals surface area contributed by atoms with Gasteiger partial charge in [0, 0.05) is 6.54 Å². The minimum atomic E-state index is -1.14. The van der Waals surface area contributed by atoms with Crippen LogP contribution in [0.15, 0.2) is 16.9 Å². The Balaban J connectivity index is 1.85. The quantitative estimate of drug-likeness (QED) is 0.760. The molecule has 2 aromatic rings. The van der Waals surface area contributed by atoms with E-state index in [-0.39, 0.29) is 18.1 Å². The van der Waals surface area contributed by atoms with Gasteiger partial charge in [0.05, 0.1) is 18.9 Å². The molecule has 0 radical (unpaired) electrons. The fourth-order valence-electron chi connectivity index (χ4n) is 1.40. The molecule has 0 aromatic carbocycles. The first kappa shape index (κ1) is 12.7. The van der Waals surface area contributed by atoms with Crippen LogP contribution in [-0.4, -0.2) is 43.7 Å². The van der Waals surface area contributed by atoms with E-state index in [1.165, 1.54) is 17.1 Å². The van der Waals surface area contributed by atoms with Crippen molar-refractivity contribution >= 4 is 11.9 Å². The summed E-state index contributed by atoms with van der Waals surface area (Å²) in [7, 11) is 0. The number of nitrogens with one attached hydrogen (secondary N) is 1. The second-order valence-corrected chi connectivity index (χ2v) is 3.72. The van der Waals surface area contributed by atoms with Gasteiger partial charge in [-0.3, -0.25) is 4.79 Å². The molecule has 0 aliphatic heterocycles. The van der Waals surface area contributed by atoms with Crippen LogP contribution < -0.4 is 5.32 Å². The maximum atomic E-state index is 11.7. The van der Waals surface area contributed by atoms with Crippen LogP contribution in [-0.2, 0) is 6.54 Å². The summed E-state index contributed by atoms with van der Waals surface area (Å²) in [5.74, 6) is -1.01. The lowest BCUT2D eigenvalue weighted by Crippen LogP contribution is -2.27. The minimum absolute atomic E-state index is 0.138. The number of hydrogen-bond donors (Lipinski definition) is 2. The molecule has 0 aliphatic carbocycles. The second kappa shape index (κ2) is 5.29. The number of nitrogens with zero attached hydrogens (tertiary/aromatic N) is 4. The Bertz CT molecular complexity index is 603. The van der Waals surface area contributed by atoms with Crippen LogP contribution in [0.4, 0.5) is 0 Å². The number of carboxylic acid groups (broad SMARTS) is 1. The molecule has 0 spiro atoms. The molecule has 2 heterocycles. The molecule has 0 bridgehead atoms. The van der Waals surface area contributed by atoms with Gasteiger partial charge in [0.25, 0.3) is 5.91 Å². The number of aromatic nitrogens is 4. The van der Waals surface area contributed by atoms with Gasteiger partial charge in [-0.2, -0.15) is 0 Å². The van der Waals surface area contributed by atoms with E-state index in [0.29, 0.717) is 17.9 Å². The van der Waals surface area contributed by atoms with Crippen molar-refractivity contribution in [2.24, 2.45) is 0 Å². The Labute approximate surface area is 107 Å². The fourth-order valence-corrected chi connectivity index (χ4v) is 1.40. The van der Waals surface area contributed by atoms with Gasteiger partial charge >= 0.3 is 5.97 Å². The maximum absolute atomic E-state index is 11.7. The molecule has 0 saturated heterocycles. The summed E-state index contributed by atoms with van der Waals surface area (Å²) in [6.07, 6.45) is 2.63. The van der Waals surface area contributed by atoms with Crippen LogP contribution in [0.1, 0.15) is 26.6 Å². The lowest BCUT2D eigenvalue weighted by Gasteiger charge is -2.03. The van der Waals surface area contributed by atoms with Gasteiger partial charge in [0.2, 0.25) is 0 Å². The second-order valence-electron chi connectivity index (χ2n) is 3.72. The molecular weight excluding hydrogens is 254 g/mol. The smallest absolute Gasteiger partial charge is 0.358 e. The van der Waals surface area contributed by atoms with Gasteiger partial charge in [-0.25, -0.2) is 9.48 Å². The maximum Gasteiger partial charge on any atom is 0.358 e. The van der Waals surface area contributed by atoms with Crippen molar-refractivity contribution < 1.29 is 19.2 Å². The molecule has 0 aliphatic rings. The number of carbonyl (C=O) groups is 2. The number of carbonyl (C=O) groups excluding carboxylic acids is 1. The number of aryl methyl sites for hydroxylation is 1. The van der Waals surface area contributed by atoms with Crippen molar-refractivity contribution in [1.82, 2.24) is 25.5 Å². The number of hydrogen-bond acceptors (Lipinski definition) is 6. The van der Waals surface area contributed by atoms with E-state index < -0.39 is 5.97 Å². The average Bonchev–Trinajstić information content (AvgIpc) is 2.97. The predicted octanol–water partition coefficient (Wildman–Crippen LogP) is -0.297. The van der Waals surface area contributed by atoms with Gasteiger partial charge in [-0.15, -0.1) is 5.10 Å². The normalized spacial score (nSPS) is 10.4. The van der Waals surface area contributed by atoms with Crippen molar-refractivity contribution in [3.05, 3.63) is 29.4 Å². The van der Waals surface area contributed by atoms with Crippen molar-refractivity contribution in [2.75, 3.05) is 6.54 Å². The first-order valence-corrected chi connectivity index (χ1v) is 5.41. The molecule has 0 unspecified atom stereocenters. The van der Waals surface area contributed by atoms with Gasteiger partial charge < -0.3 is 14.9 Å². The van der Waals surface area contributed by atoms with E-state index in [2.05, 4.69) is 20.8 Å². The summed E-state index contributed by atoms with van der Waals surface area (Å²) in [6.45, 7) is 2.24. The van der Waals surface area contributed by atoms with Crippen molar-refractivity contribution in [2.45, 2.75) is 13.5 Å². The molecule has 100 valence electrons. The van der Waals surface area contributed by atoms with Crippen LogP contribution in [0, 0.1) is 6.92 Å². The molecule has 1 amide bonds. The average molecular weight is 265 g/mol. The molecule has 2 aromatic heterocycles. The van der Waals surface area contributed by atoms with Crippen molar-refractivity contribution in [3.63, 3.8) is 0 Å². The largest absolute Gasteiger partial charge is 0.476 e. The van der Waals surface area contributed by atoms with Crippen LogP contribution in [0.2, 0.25) is 0 Å². The zero-order valence-electron chi connectivity index (χ0n) is 10.0. The van der Waals surface area contributed by atoms with Gasteiger partial charge in [0.15, 0.2) is 5.69 Å². The molecule has 2 N–H and O–H groups in total. The lowest BCUT2D eigenvalue weighted by molar-refractivity contribution is 0.0690. The highest BCUT2D eigenvalue weighted by Gasteiger charge is 2.12. The topological polar surface area (TPSA) is 123 Å².